The summed E-state index contributed by atoms with van der Waals surface area (Å²) in [5, 5.41) is 0. The predicted molar refractivity (Wildman–Crippen MR) is 335 cm³/mol. The Labute approximate surface area is 479 Å². The molecule has 0 heterocycles. The lowest BCUT2D eigenvalue weighted by atomic mass is 10.0. The van der Waals surface area contributed by atoms with Crippen molar-refractivity contribution in [3.05, 3.63) is 60.8 Å². The first-order valence-corrected chi connectivity index (χ1v) is 33.8. The van der Waals surface area contributed by atoms with Gasteiger partial charge in [0.2, 0.25) is 0 Å². The maximum Gasteiger partial charge on any atom is 0.306 e. The SMILES string of the molecule is CCCCC/C=C\C/C=C\CCCCCCCC(=O)OCC(COC(=O)CCCCCCCCCCCCCCCCC/C=C\C/C=C\CCCCCCC)OC(=O)CCCCCCCCC/C=C\CCCCCCCC. The highest BCUT2D eigenvalue weighted by atomic mass is 16.6. The van der Waals surface area contributed by atoms with Crippen LogP contribution < -0.4 is 0 Å². The van der Waals surface area contributed by atoms with Gasteiger partial charge in [-0.05, 0) is 109 Å². The van der Waals surface area contributed by atoms with Gasteiger partial charge >= 0.3 is 17.9 Å². The molecule has 0 spiro atoms. The molecule has 0 fully saturated rings. The van der Waals surface area contributed by atoms with E-state index < -0.39 is 6.10 Å². The van der Waals surface area contributed by atoms with E-state index >= 15 is 0 Å². The monoisotopic (exact) mass is 1080 g/mol. The molecule has 1 atom stereocenters. The molecule has 0 saturated heterocycles. The number of carbonyl (C=O) groups excluding carboxylic acids is 3. The summed E-state index contributed by atoms with van der Waals surface area (Å²) in [6, 6.07) is 0. The van der Waals surface area contributed by atoms with Crippen LogP contribution in [0, 0.1) is 0 Å². The summed E-state index contributed by atoms with van der Waals surface area (Å²) in [4.78, 5) is 38.4. The summed E-state index contributed by atoms with van der Waals surface area (Å²) in [5.41, 5.74) is 0. The van der Waals surface area contributed by atoms with E-state index in [1.54, 1.807) is 0 Å². The van der Waals surface area contributed by atoms with E-state index in [9.17, 15) is 14.4 Å². The molecule has 77 heavy (non-hydrogen) atoms. The van der Waals surface area contributed by atoms with Crippen molar-refractivity contribution in [2.24, 2.45) is 0 Å². The lowest BCUT2D eigenvalue weighted by molar-refractivity contribution is -0.167. The van der Waals surface area contributed by atoms with Crippen LogP contribution in [0.1, 0.15) is 355 Å². The van der Waals surface area contributed by atoms with Crippen LogP contribution >= 0.6 is 0 Å². The molecule has 0 N–H and O–H groups in total. The number of esters is 3. The molecule has 0 aromatic carbocycles. The minimum atomic E-state index is -0.783. The first-order valence-electron chi connectivity index (χ1n) is 33.8. The zero-order chi connectivity index (χ0) is 55.7. The second kappa shape index (κ2) is 65.6. The molecule has 0 aliphatic rings. The van der Waals surface area contributed by atoms with Gasteiger partial charge in [-0.1, -0.05) is 287 Å². The van der Waals surface area contributed by atoms with Gasteiger partial charge in [-0.15, -0.1) is 0 Å². The lowest BCUT2D eigenvalue weighted by Crippen LogP contribution is -2.30. The summed E-state index contributed by atoms with van der Waals surface area (Å²) in [6.45, 7) is 6.63. The fourth-order valence-electron chi connectivity index (χ4n) is 9.85. The van der Waals surface area contributed by atoms with Crippen LogP contribution in [0.3, 0.4) is 0 Å². The Balaban J connectivity index is 4.27. The Morgan fingerprint density at radius 1 is 0.260 bits per heavy atom. The maximum atomic E-state index is 12.9. The van der Waals surface area contributed by atoms with Crippen molar-refractivity contribution >= 4 is 17.9 Å². The van der Waals surface area contributed by atoms with Gasteiger partial charge in [0, 0.05) is 19.3 Å². The molecule has 448 valence electrons. The summed E-state index contributed by atoms with van der Waals surface area (Å²) >= 11 is 0. The Morgan fingerprint density at radius 2 is 0.468 bits per heavy atom. The second-order valence-electron chi connectivity index (χ2n) is 22.7. The molecule has 0 amide bonds. The van der Waals surface area contributed by atoms with Gasteiger partial charge in [-0.2, -0.15) is 0 Å². The molecule has 6 nitrogen and oxygen atoms in total. The molecule has 0 rings (SSSR count). The van der Waals surface area contributed by atoms with Crippen LogP contribution in [0.5, 0.6) is 0 Å². The van der Waals surface area contributed by atoms with Crippen molar-refractivity contribution in [3.63, 3.8) is 0 Å². The van der Waals surface area contributed by atoms with Crippen LogP contribution in [0.4, 0.5) is 0 Å². The van der Waals surface area contributed by atoms with Gasteiger partial charge in [0.15, 0.2) is 6.10 Å². The molecule has 0 aliphatic heterocycles. The molecule has 0 aliphatic carbocycles. The minimum Gasteiger partial charge on any atom is -0.462 e. The van der Waals surface area contributed by atoms with Gasteiger partial charge in [-0.3, -0.25) is 14.4 Å². The first kappa shape index (κ1) is 74.1. The fourth-order valence-corrected chi connectivity index (χ4v) is 9.85. The molecule has 0 aromatic heterocycles. The van der Waals surface area contributed by atoms with Crippen LogP contribution in [-0.2, 0) is 28.6 Å². The van der Waals surface area contributed by atoms with Crippen LogP contribution in [-0.4, -0.2) is 37.2 Å². The van der Waals surface area contributed by atoms with Crippen molar-refractivity contribution < 1.29 is 28.6 Å². The van der Waals surface area contributed by atoms with Crippen LogP contribution in [0.15, 0.2) is 60.8 Å². The number of unbranched alkanes of at least 4 members (excludes halogenated alkanes) is 41. The average Bonchev–Trinajstić information content (AvgIpc) is 3.43. The van der Waals surface area contributed by atoms with Gasteiger partial charge in [0.1, 0.15) is 13.2 Å². The first-order chi connectivity index (χ1) is 38.0. The molecule has 0 radical (unpaired) electrons. The average molecular weight is 1080 g/mol. The Bertz CT molecular complexity index is 1380. The zero-order valence-electron chi connectivity index (χ0n) is 51.5. The number of carbonyl (C=O) groups is 3. The Morgan fingerprint density at radius 3 is 0.753 bits per heavy atom. The van der Waals surface area contributed by atoms with E-state index in [2.05, 4.69) is 81.5 Å². The minimum absolute atomic E-state index is 0.0780. The predicted octanol–water partition coefficient (Wildman–Crippen LogP) is 23.1. The topological polar surface area (TPSA) is 78.9 Å². The Kier molecular flexibility index (Phi) is 63.2. The summed E-state index contributed by atoms with van der Waals surface area (Å²) in [5.74, 6) is -0.878. The van der Waals surface area contributed by atoms with E-state index in [-0.39, 0.29) is 31.1 Å². The lowest BCUT2D eigenvalue weighted by Gasteiger charge is -2.18. The fraction of sp³-hybridized carbons (Fsp3) is 0.817. The number of allylic oxidation sites excluding steroid dienone is 10. The summed E-state index contributed by atoms with van der Waals surface area (Å²) in [6.07, 6.45) is 83.8. The van der Waals surface area contributed by atoms with E-state index in [0.717, 1.165) is 83.5 Å². The van der Waals surface area contributed by atoms with E-state index in [1.165, 1.54) is 231 Å². The quantitative estimate of drug-likeness (QED) is 0.0261. The highest BCUT2D eigenvalue weighted by molar-refractivity contribution is 5.71. The third-order valence-corrected chi connectivity index (χ3v) is 15.0. The smallest absolute Gasteiger partial charge is 0.306 e. The summed E-state index contributed by atoms with van der Waals surface area (Å²) < 4.78 is 16.9. The zero-order valence-corrected chi connectivity index (χ0v) is 51.5. The largest absolute Gasteiger partial charge is 0.462 e. The van der Waals surface area contributed by atoms with Crippen LogP contribution in [0.25, 0.3) is 0 Å². The van der Waals surface area contributed by atoms with E-state index in [0.29, 0.717) is 19.3 Å². The third kappa shape index (κ3) is 63.8. The van der Waals surface area contributed by atoms with Crippen molar-refractivity contribution in [2.45, 2.75) is 361 Å². The molecule has 0 saturated carbocycles. The third-order valence-electron chi connectivity index (χ3n) is 15.0. The number of ether oxygens (including phenoxy) is 3. The normalized spacial score (nSPS) is 12.4. The highest BCUT2D eigenvalue weighted by Crippen LogP contribution is 2.17. The molecule has 0 bridgehead atoms. The standard InChI is InChI=1S/C71H128O6/c1-4-7-10-13-16-19-22-25-28-30-31-32-33-34-35-36-37-38-39-41-43-46-49-52-55-58-61-64-70(73)76-67-68(66-75-69(72)63-60-57-54-51-48-45-42-27-24-21-18-15-12-9-6-3)77-71(74)65-62-59-56-53-50-47-44-40-29-26-23-20-17-14-11-8-5-2/h18,21-22,25-27,29-31,42,68H,4-17,19-20,23-24,28,32-41,43-67H2,1-3H3/b21-18-,25-22-,29-26-,31-30-,42-27-. The van der Waals surface area contributed by atoms with Gasteiger partial charge in [-0.25, -0.2) is 0 Å². The van der Waals surface area contributed by atoms with Crippen molar-refractivity contribution in [3.8, 4) is 0 Å². The number of hydrogen-bond acceptors (Lipinski definition) is 6. The van der Waals surface area contributed by atoms with Crippen molar-refractivity contribution in [1.29, 1.82) is 0 Å². The van der Waals surface area contributed by atoms with Gasteiger partial charge in [0.05, 0.1) is 0 Å². The molecule has 0 aromatic rings. The molecule has 1 unspecified atom stereocenters. The second-order valence-corrected chi connectivity index (χ2v) is 22.7. The van der Waals surface area contributed by atoms with E-state index in [1.807, 2.05) is 0 Å². The van der Waals surface area contributed by atoms with Crippen molar-refractivity contribution in [1.82, 2.24) is 0 Å². The highest BCUT2D eigenvalue weighted by Gasteiger charge is 2.19. The Hall–Kier alpha value is -2.89. The van der Waals surface area contributed by atoms with Crippen LogP contribution in [0.2, 0.25) is 0 Å². The molecular formula is C71H128O6. The van der Waals surface area contributed by atoms with E-state index in [4.69, 9.17) is 14.2 Å². The maximum absolute atomic E-state index is 12.9. The molecular weight excluding hydrogens is 949 g/mol. The van der Waals surface area contributed by atoms with Crippen molar-refractivity contribution in [2.75, 3.05) is 13.2 Å². The number of hydrogen-bond donors (Lipinski definition) is 0. The summed E-state index contributed by atoms with van der Waals surface area (Å²) in [7, 11) is 0. The van der Waals surface area contributed by atoms with Gasteiger partial charge < -0.3 is 14.2 Å². The van der Waals surface area contributed by atoms with Gasteiger partial charge in [0.25, 0.3) is 0 Å². The molecule has 6 heteroatoms. The number of rotatable bonds is 62.